The molecule has 8 heteroatoms. The van der Waals surface area contributed by atoms with Crippen LogP contribution in [0.1, 0.15) is 45.2 Å². The largest absolute Gasteiger partial charge is 0.481 e. The van der Waals surface area contributed by atoms with Gasteiger partial charge >= 0.3 is 12.0 Å². The quantitative estimate of drug-likeness (QED) is 0.727. The van der Waals surface area contributed by atoms with Crippen LogP contribution in [0.3, 0.4) is 0 Å². The minimum absolute atomic E-state index is 0.0527. The van der Waals surface area contributed by atoms with Crippen LogP contribution in [-0.2, 0) is 4.79 Å². The minimum Gasteiger partial charge on any atom is -0.481 e. The van der Waals surface area contributed by atoms with Gasteiger partial charge < -0.3 is 15.7 Å². The molecule has 1 aromatic carbocycles. The van der Waals surface area contributed by atoms with E-state index in [0.717, 1.165) is 12.1 Å². The van der Waals surface area contributed by atoms with E-state index in [4.69, 9.17) is 16.7 Å². The molecule has 2 unspecified atom stereocenters. The number of benzene rings is 1. The third kappa shape index (κ3) is 5.08. The number of amides is 2. The van der Waals surface area contributed by atoms with Gasteiger partial charge in [0.2, 0.25) is 0 Å². The highest BCUT2D eigenvalue weighted by atomic mass is 35.5. The second kappa shape index (κ2) is 8.22. The molecule has 1 aliphatic rings. The van der Waals surface area contributed by atoms with Gasteiger partial charge in [0.1, 0.15) is 5.82 Å². The van der Waals surface area contributed by atoms with E-state index >= 15 is 0 Å². The molecule has 0 radical (unpaired) electrons. The van der Waals surface area contributed by atoms with E-state index < -0.39 is 17.8 Å². The summed E-state index contributed by atoms with van der Waals surface area (Å²) < 4.78 is 14.0. The number of aliphatic carboxylic acids is 1. The molecule has 0 spiro atoms. The van der Waals surface area contributed by atoms with Crippen molar-refractivity contribution in [2.45, 2.75) is 51.2 Å². The van der Waals surface area contributed by atoms with E-state index in [0.29, 0.717) is 6.42 Å². The molecule has 1 heterocycles. The molecule has 144 valence electrons. The van der Waals surface area contributed by atoms with Crippen molar-refractivity contribution in [1.29, 1.82) is 0 Å². The Kier molecular flexibility index (Phi) is 6.47. The van der Waals surface area contributed by atoms with Crippen LogP contribution in [0.2, 0.25) is 5.02 Å². The van der Waals surface area contributed by atoms with Crippen LogP contribution in [0.4, 0.5) is 9.18 Å². The van der Waals surface area contributed by atoms with Crippen LogP contribution < -0.4 is 10.6 Å². The van der Waals surface area contributed by atoms with Crippen LogP contribution >= 0.6 is 11.6 Å². The Bertz CT molecular complexity index is 678. The van der Waals surface area contributed by atoms with Crippen LogP contribution in [0.5, 0.6) is 0 Å². The maximum Gasteiger partial charge on any atom is 0.315 e. The van der Waals surface area contributed by atoms with Gasteiger partial charge in [-0.15, -0.1) is 0 Å². The standard InChI is InChI=1S/C18H25ClFN3O3/c1-18(2,3)23-9-7-14(22-17(26)21-8-6-15(24)25)16(23)11-4-5-12(19)13(20)10-11/h4-5,10,14,16H,6-9H2,1-3H3,(H,24,25)(H2,21,22,26). The number of carbonyl (C=O) groups excluding carboxylic acids is 1. The van der Waals surface area contributed by atoms with Gasteiger partial charge in [0.15, 0.2) is 0 Å². The highest BCUT2D eigenvalue weighted by molar-refractivity contribution is 6.30. The number of nitrogens with zero attached hydrogens (tertiary/aromatic N) is 1. The van der Waals surface area contributed by atoms with E-state index in [2.05, 4.69) is 36.3 Å². The summed E-state index contributed by atoms with van der Waals surface area (Å²) in [6.07, 6.45) is 0.566. The first-order chi connectivity index (χ1) is 12.1. The zero-order valence-electron chi connectivity index (χ0n) is 15.2. The van der Waals surface area contributed by atoms with Gasteiger partial charge in [-0.3, -0.25) is 9.69 Å². The molecule has 2 rings (SSSR count). The number of halogens is 2. The molecule has 1 aromatic rings. The number of carbonyl (C=O) groups is 2. The first-order valence-corrected chi connectivity index (χ1v) is 8.95. The number of carboxylic acids is 1. The average Bonchev–Trinajstić information content (AvgIpc) is 2.93. The number of likely N-dealkylation sites (tertiary alicyclic amines) is 1. The fraction of sp³-hybridized carbons (Fsp3) is 0.556. The molecule has 1 aliphatic heterocycles. The number of rotatable bonds is 5. The van der Waals surface area contributed by atoms with Crippen molar-refractivity contribution in [1.82, 2.24) is 15.5 Å². The lowest BCUT2D eigenvalue weighted by Gasteiger charge is -2.39. The number of nitrogens with one attached hydrogen (secondary N) is 2. The Labute approximate surface area is 157 Å². The second-order valence-corrected chi connectivity index (χ2v) is 7.83. The van der Waals surface area contributed by atoms with Crippen molar-refractivity contribution in [3.8, 4) is 0 Å². The summed E-state index contributed by atoms with van der Waals surface area (Å²) in [5.74, 6) is -1.46. The number of urea groups is 1. The van der Waals surface area contributed by atoms with E-state index in [-0.39, 0.29) is 35.6 Å². The molecule has 6 nitrogen and oxygen atoms in total. The first kappa shape index (κ1) is 20.5. The molecular weight excluding hydrogens is 361 g/mol. The summed E-state index contributed by atoms with van der Waals surface area (Å²) in [5.41, 5.74) is 0.576. The van der Waals surface area contributed by atoms with Gasteiger partial charge in [-0.1, -0.05) is 17.7 Å². The summed E-state index contributed by atoms with van der Waals surface area (Å²) in [6.45, 7) is 7.01. The fourth-order valence-electron chi connectivity index (χ4n) is 3.31. The van der Waals surface area contributed by atoms with Gasteiger partial charge in [-0.05, 0) is 44.9 Å². The summed E-state index contributed by atoms with van der Waals surface area (Å²) in [5, 5.41) is 14.1. The van der Waals surface area contributed by atoms with Crippen molar-refractivity contribution >= 4 is 23.6 Å². The molecule has 1 saturated heterocycles. The third-order valence-corrected chi connectivity index (χ3v) is 4.79. The Hall–Kier alpha value is -1.86. The van der Waals surface area contributed by atoms with Gasteiger partial charge in [0.25, 0.3) is 0 Å². The maximum absolute atomic E-state index is 14.0. The van der Waals surface area contributed by atoms with Crippen LogP contribution in [0, 0.1) is 5.82 Å². The van der Waals surface area contributed by atoms with Crippen molar-refractivity contribution < 1.29 is 19.1 Å². The van der Waals surface area contributed by atoms with Crippen molar-refractivity contribution in [2.75, 3.05) is 13.1 Å². The van der Waals surface area contributed by atoms with Gasteiger partial charge in [-0.2, -0.15) is 0 Å². The monoisotopic (exact) mass is 385 g/mol. The normalized spacial score (nSPS) is 20.8. The van der Waals surface area contributed by atoms with Crippen LogP contribution in [-0.4, -0.2) is 46.7 Å². The Morgan fingerprint density at radius 3 is 2.65 bits per heavy atom. The average molecular weight is 386 g/mol. The van der Waals surface area contributed by atoms with Gasteiger partial charge in [0, 0.05) is 18.6 Å². The second-order valence-electron chi connectivity index (χ2n) is 7.42. The maximum atomic E-state index is 14.0. The lowest BCUT2D eigenvalue weighted by atomic mass is 9.96. The highest BCUT2D eigenvalue weighted by Crippen LogP contribution is 2.38. The van der Waals surface area contributed by atoms with Gasteiger partial charge in [-0.25, -0.2) is 9.18 Å². The lowest BCUT2D eigenvalue weighted by Crippen LogP contribution is -2.48. The topological polar surface area (TPSA) is 81.7 Å². The SMILES string of the molecule is CC(C)(C)N1CCC(NC(=O)NCCC(=O)O)C1c1ccc(Cl)c(F)c1. The zero-order valence-corrected chi connectivity index (χ0v) is 15.9. The molecule has 2 atom stereocenters. The molecule has 1 fully saturated rings. The van der Waals surface area contributed by atoms with Crippen molar-refractivity contribution in [2.24, 2.45) is 0 Å². The Morgan fingerprint density at radius 1 is 1.38 bits per heavy atom. The predicted octanol–water partition coefficient (Wildman–Crippen LogP) is 3.17. The molecule has 26 heavy (non-hydrogen) atoms. The van der Waals surface area contributed by atoms with E-state index in [1.807, 2.05) is 0 Å². The smallest absolute Gasteiger partial charge is 0.315 e. The Balaban J connectivity index is 2.17. The number of hydrogen-bond donors (Lipinski definition) is 3. The van der Waals surface area contributed by atoms with E-state index in [9.17, 15) is 14.0 Å². The van der Waals surface area contributed by atoms with Crippen molar-refractivity contribution in [3.05, 3.63) is 34.6 Å². The third-order valence-electron chi connectivity index (χ3n) is 4.49. The van der Waals surface area contributed by atoms with Crippen LogP contribution in [0.15, 0.2) is 18.2 Å². The summed E-state index contributed by atoms with van der Waals surface area (Å²) in [6, 6.07) is 3.86. The predicted molar refractivity (Wildman–Crippen MR) is 97.8 cm³/mol. The molecular formula is C18H25ClFN3O3. The number of hydrogen-bond acceptors (Lipinski definition) is 3. The summed E-state index contributed by atoms with van der Waals surface area (Å²) in [4.78, 5) is 24.9. The van der Waals surface area contributed by atoms with E-state index in [1.165, 1.54) is 12.1 Å². The van der Waals surface area contributed by atoms with Crippen molar-refractivity contribution in [3.63, 3.8) is 0 Å². The van der Waals surface area contributed by atoms with E-state index in [1.54, 1.807) is 6.07 Å². The molecule has 3 N–H and O–H groups in total. The highest BCUT2D eigenvalue weighted by Gasteiger charge is 2.41. The molecule has 2 amide bonds. The van der Waals surface area contributed by atoms with Crippen LogP contribution in [0.25, 0.3) is 0 Å². The molecule has 0 saturated carbocycles. The summed E-state index contributed by atoms with van der Waals surface area (Å²) in [7, 11) is 0. The zero-order chi connectivity index (χ0) is 19.5. The number of carboxylic acid groups (broad SMARTS) is 1. The first-order valence-electron chi connectivity index (χ1n) is 8.57. The molecule has 0 aromatic heterocycles. The summed E-state index contributed by atoms with van der Waals surface area (Å²) >= 11 is 5.80. The molecule has 0 bridgehead atoms. The fourth-order valence-corrected chi connectivity index (χ4v) is 3.42. The molecule has 0 aliphatic carbocycles. The van der Waals surface area contributed by atoms with Gasteiger partial charge in [0.05, 0.1) is 23.5 Å². The Morgan fingerprint density at radius 2 is 2.08 bits per heavy atom. The minimum atomic E-state index is -0.973. The lowest BCUT2D eigenvalue weighted by molar-refractivity contribution is -0.136.